The van der Waals surface area contributed by atoms with Crippen molar-refractivity contribution < 1.29 is 47.6 Å². The number of allylic oxidation sites excluding steroid dienone is 2. The van der Waals surface area contributed by atoms with Gasteiger partial charge >= 0.3 is 12.4 Å². The van der Waals surface area contributed by atoms with Crippen molar-refractivity contribution in [3.63, 3.8) is 0 Å². The van der Waals surface area contributed by atoms with Gasteiger partial charge in [0.2, 0.25) is 0 Å². The Hall–Kier alpha value is -4.03. The van der Waals surface area contributed by atoms with Crippen LogP contribution in [0.3, 0.4) is 0 Å². The van der Waals surface area contributed by atoms with Gasteiger partial charge in [0.05, 0.1) is 49.5 Å². The van der Waals surface area contributed by atoms with E-state index in [0.29, 0.717) is 38.6 Å². The number of fused-ring (bicyclic) bond motifs is 2. The lowest BCUT2D eigenvalue weighted by Gasteiger charge is -2.11. The maximum atomic E-state index is 14.8. The summed E-state index contributed by atoms with van der Waals surface area (Å²) in [6, 6.07) is 4.79. The van der Waals surface area contributed by atoms with Gasteiger partial charge in [-0.05, 0) is 81.9 Å². The van der Waals surface area contributed by atoms with Crippen molar-refractivity contribution in [1.82, 2.24) is 19.9 Å². The van der Waals surface area contributed by atoms with Crippen molar-refractivity contribution in [1.29, 1.82) is 0 Å². The first kappa shape index (κ1) is 39.2. The molecule has 276 valence electrons. The van der Waals surface area contributed by atoms with Gasteiger partial charge in [-0.15, -0.1) is 0 Å². The van der Waals surface area contributed by atoms with Crippen LogP contribution in [-0.2, 0) is 44.9 Å². The highest BCUT2D eigenvalue weighted by atomic mass is 79.9. The monoisotopic (exact) mass is 832 g/mol. The number of halogens is 8. The summed E-state index contributed by atoms with van der Waals surface area (Å²) < 4.78 is 142. The van der Waals surface area contributed by atoms with Gasteiger partial charge in [-0.1, -0.05) is 13.8 Å². The fourth-order valence-electron chi connectivity index (χ4n) is 5.52. The average Bonchev–Trinajstić information content (AvgIpc) is 3.59. The van der Waals surface area contributed by atoms with Crippen molar-refractivity contribution in [2.45, 2.75) is 62.7 Å². The van der Waals surface area contributed by atoms with Crippen molar-refractivity contribution in [3.05, 3.63) is 105 Å². The Morgan fingerprint density at radius 3 is 1.44 bits per heavy atom. The van der Waals surface area contributed by atoms with E-state index in [2.05, 4.69) is 35.9 Å². The third kappa shape index (κ3) is 7.69. The fraction of sp³-hybridized carbons (Fsp3) is 0.294. The molecule has 0 aromatic carbocycles. The van der Waals surface area contributed by atoms with Crippen LogP contribution in [0.25, 0.3) is 21.5 Å². The topological polar surface area (TPSA) is 120 Å². The molecule has 0 atom stereocenters. The molecule has 4 heterocycles. The van der Waals surface area contributed by atoms with Crippen LogP contribution >= 0.6 is 15.9 Å². The van der Waals surface area contributed by atoms with Crippen molar-refractivity contribution in [2.24, 2.45) is 0 Å². The molecule has 0 radical (unpaired) electrons. The molecule has 0 saturated carbocycles. The second kappa shape index (κ2) is 14.1. The van der Waals surface area contributed by atoms with Crippen molar-refractivity contribution >= 4 is 57.1 Å². The molecule has 0 unspecified atom stereocenters. The number of hydrogen-bond acceptors (Lipinski definition) is 8. The first-order chi connectivity index (χ1) is 24.1. The highest BCUT2D eigenvalue weighted by Gasteiger charge is 2.36. The molecule has 2 aliphatic rings. The largest absolute Gasteiger partial charge is 0.417 e. The minimum Gasteiger partial charge on any atom is -0.255 e. The van der Waals surface area contributed by atoms with E-state index in [0.717, 1.165) is 18.3 Å². The molecule has 0 bridgehead atoms. The van der Waals surface area contributed by atoms with Crippen LogP contribution in [0.1, 0.15) is 70.0 Å². The van der Waals surface area contributed by atoms with Crippen LogP contribution in [0.2, 0.25) is 0 Å². The maximum absolute atomic E-state index is 14.8. The quantitative estimate of drug-likeness (QED) is 0.178. The third-order valence-electron chi connectivity index (χ3n) is 8.25. The van der Waals surface area contributed by atoms with E-state index in [1.807, 2.05) is 0 Å². The molecule has 18 heteroatoms. The highest BCUT2D eigenvalue weighted by Crippen LogP contribution is 2.44. The van der Waals surface area contributed by atoms with E-state index >= 15 is 0 Å². The fourth-order valence-corrected chi connectivity index (χ4v) is 8.49. The van der Waals surface area contributed by atoms with Gasteiger partial charge in [0.25, 0.3) is 0 Å². The Labute approximate surface area is 302 Å². The minimum atomic E-state index is -4.60. The van der Waals surface area contributed by atoms with Gasteiger partial charge in [0, 0.05) is 47.7 Å². The van der Waals surface area contributed by atoms with E-state index in [1.54, 1.807) is 13.8 Å². The summed E-state index contributed by atoms with van der Waals surface area (Å²) in [7, 11) is -7.24. The van der Waals surface area contributed by atoms with E-state index in [4.69, 9.17) is 0 Å². The Balaban J connectivity index is 0.000000201. The van der Waals surface area contributed by atoms with Gasteiger partial charge in [0.1, 0.15) is 5.69 Å². The molecular weight excluding hydrogens is 805 g/mol. The molecule has 0 spiro atoms. The smallest absolute Gasteiger partial charge is 0.255 e. The number of pyridine rings is 4. The summed E-state index contributed by atoms with van der Waals surface area (Å²) in [6.45, 7) is 6.37. The summed E-state index contributed by atoms with van der Waals surface area (Å²) in [5, 5.41) is 0. The van der Waals surface area contributed by atoms with Crippen molar-refractivity contribution in [2.75, 3.05) is 11.5 Å². The molecule has 0 saturated heterocycles. The number of aryl methyl sites for hydroxylation is 2. The normalized spacial score (nSPS) is 14.7. The zero-order valence-electron chi connectivity index (χ0n) is 27.7. The Morgan fingerprint density at radius 2 is 1.00 bits per heavy atom. The molecule has 8 nitrogen and oxygen atoms in total. The Bertz CT molecular complexity index is 2230. The van der Waals surface area contributed by atoms with Gasteiger partial charge in [-0.3, -0.25) is 19.9 Å². The summed E-state index contributed by atoms with van der Waals surface area (Å²) >= 11 is 3.36. The summed E-state index contributed by atoms with van der Waals surface area (Å²) in [5.41, 5.74) is 0.638. The molecule has 0 aliphatic heterocycles. The molecular formula is C34H28BrF7N4O4S2. The summed E-state index contributed by atoms with van der Waals surface area (Å²) in [5.74, 6) is -1.15. The lowest BCUT2D eigenvalue weighted by Crippen LogP contribution is -2.09. The van der Waals surface area contributed by atoms with E-state index in [9.17, 15) is 47.6 Å². The molecule has 52 heavy (non-hydrogen) atoms. The highest BCUT2D eigenvalue weighted by molar-refractivity contribution is 9.15. The first-order valence-corrected chi connectivity index (χ1v) is 19.5. The number of aromatic nitrogens is 4. The van der Waals surface area contributed by atoms with Crippen LogP contribution in [0, 0.1) is 13.8 Å². The lowest BCUT2D eigenvalue weighted by atomic mass is 10.1. The van der Waals surface area contributed by atoms with Crippen LogP contribution in [-0.4, -0.2) is 48.3 Å². The zero-order chi connectivity index (χ0) is 38.6. The predicted molar refractivity (Wildman–Crippen MR) is 183 cm³/mol. The van der Waals surface area contributed by atoms with Gasteiger partial charge in [-0.25, -0.2) is 21.2 Å². The lowest BCUT2D eigenvalue weighted by molar-refractivity contribution is -0.138. The zero-order valence-corrected chi connectivity index (χ0v) is 30.9. The first-order valence-electron chi connectivity index (χ1n) is 15.4. The Kier molecular flexibility index (Phi) is 10.6. The minimum absolute atomic E-state index is 0.0505. The number of nitrogens with zero attached hydrogens (tertiary/aromatic N) is 4. The van der Waals surface area contributed by atoms with E-state index in [1.165, 1.54) is 38.4 Å². The van der Waals surface area contributed by atoms with E-state index in [-0.39, 0.29) is 62.4 Å². The number of rotatable bonds is 6. The second-order valence-corrected chi connectivity index (χ2v) is 17.2. The molecule has 6 rings (SSSR count). The number of sulfone groups is 2. The maximum Gasteiger partial charge on any atom is 0.417 e. The van der Waals surface area contributed by atoms with Crippen LogP contribution in [0.15, 0.2) is 58.8 Å². The van der Waals surface area contributed by atoms with E-state index < -0.39 is 49.0 Å². The standard InChI is InChI=1S/C17H14BrF3N2O2S.C17H14F4N2O2S/c2*1-3-26(24,25)13-4-9(2)7-22-16(13)12-6-10-5-11(17(19,20)21)8-23-15(10)14(12)18/h2*4-5,7-8H,3,6H2,1-2H3. The molecule has 2 aliphatic carbocycles. The Morgan fingerprint density at radius 1 is 0.615 bits per heavy atom. The van der Waals surface area contributed by atoms with Gasteiger partial charge in [0.15, 0.2) is 25.5 Å². The third-order valence-corrected chi connectivity index (χ3v) is 12.6. The second-order valence-electron chi connectivity index (χ2n) is 11.9. The van der Waals surface area contributed by atoms with Crippen molar-refractivity contribution in [3.8, 4) is 0 Å². The predicted octanol–water partition coefficient (Wildman–Crippen LogP) is 8.41. The molecule has 0 N–H and O–H groups in total. The summed E-state index contributed by atoms with van der Waals surface area (Å²) in [6.07, 6.45) is -4.91. The van der Waals surface area contributed by atoms with Crippen LogP contribution < -0.4 is 0 Å². The molecule has 0 fully saturated rings. The molecule has 4 aromatic rings. The van der Waals surface area contributed by atoms with Gasteiger partial charge < -0.3 is 0 Å². The van der Waals surface area contributed by atoms with Gasteiger partial charge in [-0.2, -0.15) is 26.3 Å². The van der Waals surface area contributed by atoms with Crippen LogP contribution in [0.4, 0.5) is 30.7 Å². The number of hydrogen-bond donors (Lipinski definition) is 0. The SMILES string of the molecule is CCS(=O)(=O)c1cc(C)cnc1C1=C(Br)c2ncc(C(F)(F)F)cc2C1.CCS(=O)(=O)c1cc(C)cnc1C1=C(F)c2ncc(C(F)(F)F)cc2C1. The molecule has 0 amide bonds. The number of alkyl halides is 6. The molecule has 4 aromatic heterocycles. The summed E-state index contributed by atoms with van der Waals surface area (Å²) in [4.78, 5) is 15.8. The average molecular weight is 834 g/mol. The van der Waals surface area contributed by atoms with Crippen LogP contribution in [0.5, 0.6) is 0 Å².